The Morgan fingerprint density at radius 2 is 2.00 bits per heavy atom. The average Bonchev–Trinajstić information content (AvgIpc) is 2.30. The number of nitrogen functional groups attached to an aromatic ring is 1. The number of aromatic nitrogens is 2. The van der Waals surface area contributed by atoms with Crippen LogP contribution in [0.3, 0.4) is 0 Å². The fraction of sp³-hybridized carbons (Fsp3) is 0. The van der Waals surface area contributed by atoms with E-state index in [9.17, 15) is 0 Å². The summed E-state index contributed by atoms with van der Waals surface area (Å²) >= 11 is 0. The third kappa shape index (κ3) is 1.92. The molecular formula is C11H8N4. The molecule has 0 aliphatic rings. The van der Waals surface area contributed by atoms with Gasteiger partial charge < -0.3 is 5.73 Å². The third-order valence-corrected chi connectivity index (χ3v) is 1.99. The van der Waals surface area contributed by atoms with E-state index in [-0.39, 0.29) is 0 Å². The van der Waals surface area contributed by atoms with Crippen LogP contribution in [0.4, 0.5) is 5.82 Å². The zero-order valence-electron chi connectivity index (χ0n) is 7.88. The van der Waals surface area contributed by atoms with Crippen molar-refractivity contribution in [1.82, 2.24) is 9.97 Å². The summed E-state index contributed by atoms with van der Waals surface area (Å²) in [5, 5.41) is 8.70. The number of nitrogens with zero attached hydrogens (tertiary/aromatic N) is 3. The number of nitriles is 1. The lowest BCUT2D eigenvalue weighted by molar-refractivity contribution is 1.26. The molecule has 4 nitrogen and oxygen atoms in total. The molecule has 4 heteroatoms. The Morgan fingerprint density at radius 1 is 1.13 bits per heavy atom. The molecule has 0 aromatic carbocycles. The highest BCUT2D eigenvalue weighted by Gasteiger charge is 1.99. The predicted molar refractivity (Wildman–Crippen MR) is 56.6 cm³/mol. The van der Waals surface area contributed by atoms with Gasteiger partial charge in [-0.2, -0.15) is 5.26 Å². The third-order valence-electron chi connectivity index (χ3n) is 1.99. The first kappa shape index (κ1) is 9.16. The first-order valence-corrected chi connectivity index (χ1v) is 4.37. The minimum Gasteiger partial charge on any atom is -0.384 e. The zero-order chi connectivity index (χ0) is 10.7. The molecule has 15 heavy (non-hydrogen) atoms. The van der Waals surface area contributed by atoms with Crippen molar-refractivity contribution >= 4 is 5.82 Å². The van der Waals surface area contributed by atoms with E-state index in [1.165, 1.54) is 0 Å². The fourth-order valence-corrected chi connectivity index (χ4v) is 1.25. The van der Waals surface area contributed by atoms with Crippen LogP contribution in [-0.2, 0) is 0 Å². The molecule has 0 unspecified atom stereocenters. The Labute approximate surface area is 87.0 Å². The second-order valence-electron chi connectivity index (χ2n) is 3.01. The maximum atomic E-state index is 8.70. The van der Waals surface area contributed by atoms with Crippen molar-refractivity contribution in [1.29, 1.82) is 5.26 Å². The molecule has 0 saturated heterocycles. The van der Waals surface area contributed by atoms with Crippen LogP contribution in [0.15, 0.2) is 36.7 Å². The maximum Gasteiger partial charge on any atom is 0.141 e. The normalized spacial score (nSPS) is 9.53. The number of hydrogen-bond donors (Lipinski definition) is 1. The van der Waals surface area contributed by atoms with Gasteiger partial charge in [0.15, 0.2) is 0 Å². The number of nitrogens with two attached hydrogens (primary N) is 1. The molecule has 0 atom stereocenters. The summed E-state index contributed by atoms with van der Waals surface area (Å²) in [7, 11) is 0. The van der Waals surface area contributed by atoms with Crippen LogP contribution >= 0.6 is 0 Å². The van der Waals surface area contributed by atoms with Gasteiger partial charge in [0.1, 0.15) is 17.6 Å². The number of pyridine rings is 2. The first-order chi connectivity index (χ1) is 7.29. The lowest BCUT2D eigenvalue weighted by atomic mass is 10.1. The summed E-state index contributed by atoms with van der Waals surface area (Å²) < 4.78 is 0. The van der Waals surface area contributed by atoms with E-state index in [2.05, 4.69) is 9.97 Å². The second-order valence-corrected chi connectivity index (χ2v) is 3.01. The minimum atomic E-state index is 0.393. The molecule has 0 fully saturated rings. The van der Waals surface area contributed by atoms with Gasteiger partial charge in [-0.3, -0.25) is 0 Å². The molecule has 2 heterocycles. The fourth-order valence-electron chi connectivity index (χ4n) is 1.25. The monoisotopic (exact) mass is 196 g/mol. The molecule has 0 amide bonds. The van der Waals surface area contributed by atoms with Crippen molar-refractivity contribution in [2.24, 2.45) is 0 Å². The molecule has 2 N–H and O–H groups in total. The Balaban J connectivity index is 2.46. The van der Waals surface area contributed by atoms with Gasteiger partial charge in [0, 0.05) is 18.0 Å². The van der Waals surface area contributed by atoms with Crippen LogP contribution in [-0.4, -0.2) is 9.97 Å². The Kier molecular flexibility index (Phi) is 2.30. The van der Waals surface area contributed by atoms with Gasteiger partial charge in [0.05, 0.1) is 0 Å². The highest BCUT2D eigenvalue weighted by molar-refractivity contribution is 5.64. The topological polar surface area (TPSA) is 75.6 Å². The summed E-state index contributed by atoms with van der Waals surface area (Å²) in [4.78, 5) is 7.88. The van der Waals surface area contributed by atoms with Crippen molar-refractivity contribution in [3.05, 3.63) is 42.4 Å². The van der Waals surface area contributed by atoms with E-state index < -0.39 is 0 Å². The molecule has 0 spiro atoms. The smallest absolute Gasteiger partial charge is 0.141 e. The van der Waals surface area contributed by atoms with Gasteiger partial charge in [0.2, 0.25) is 0 Å². The summed E-state index contributed by atoms with van der Waals surface area (Å²) in [6, 6.07) is 9.12. The van der Waals surface area contributed by atoms with E-state index in [0.717, 1.165) is 11.1 Å². The predicted octanol–water partition coefficient (Wildman–Crippen LogP) is 1.60. The molecule has 72 valence electrons. The van der Waals surface area contributed by atoms with E-state index in [1.54, 1.807) is 24.5 Å². The number of hydrogen-bond acceptors (Lipinski definition) is 4. The van der Waals surface area contributed by atoms with Crippen LogP contribution in [0.25, 0.3) is 11.1 Å². The number of rotatable bonds is 1. The quantitative estimate of drug-likeness (QED) is 0.751. The summed E-state index contributed by atoms with van der Waals surface area (Å²) in [6.45, 7) is 0. The Bertz CT molecular complexity index is 511. The van der Waals surface area contributed by atoms with Gasteiger partial charge >= 0.3 is 0 Å². The van der Waals surface area contributed by atoms with Crippen molar-refractivity contribution in [3.8, 4) is 17.2 Å². The summed E-state index contributed by atoms with van der Waals surface area (Å²) in [6.07, 6.45) is 3.27. The van der Waals surface area contributed by atoms with E-state index >= 15 is 0 Å². The number of anilines is 1. The first-order valence-electron chi connectivity index (χ1n) is 4.37. The second kappa shape index (κ2) is 3.76. The molecular weight excluding hydrogens is 188 g/mol. The highest BCUT2D eigenvalue weighted by Crippen LogP contribution is 2.18. The van der Waals surface area contributed by atoms with Gasteiger partial charge in [0.25, 0.3) is 0 Å². The molecule has 0 saturated carbocycles. The maximum absolute atomic E-state index is 8.70. The van der Waals surface area contributed by atoms with Crippen molar-refractivity contribution < 1.29 is 0 Å². The highest BCUT2D eigenvalue weighted by atomic mass is 14.8. The SMILES string of the molecule is N#Cc1cc(-c2ccc(N)nc2)ccn1. The summed E-state index contributed by atoms with van der Waals surface area (Å²) in [5.74, 6) is 0.480. The molecule has 2 aromatic heterocycles. The van der Waals surface area contributed by atoms with Crippen LogP contribution in [0.2, 0.25) is 0 Å². The average molecular weight is 196 g/mol. The van der Waals surface area contributed by atoms with Crippen molar-refractivity contribution in [2.75, 3.05) is 5.73 Å². The van der Waals surface area contributed by atoms with Gasteiger partial charge in [-0.25, -0.2) is 9.97 Å². The van der Waals surface area contributed by atoms with E-state index in [0.29, 0.717) is 11.5 Å². The van der Waals surface area contributed by atoms with Crippen LogP contribution in [0.5, 0.6) is 0 Å². The zero-order valence-corrected chi connectivity index (χ0v) is 7.88. The van der Waals surface area contributed by atoms with Crippen LogP contribution in [0, 0.1) is 11.3 Å². The van der Waals surface area contributed by atoms with Gasteiger partial charge in [-0.15, -0.1) is 0 Å². The van der Waals surface area contributed by atoms with Crippen LogP contribution < -0.4 is 5.73 Å². The standard InChI is InChI=1S/C11H8N4/c12-6-10-5-8(3-4-14-10)9-1-2-11(13)15-7-9/h1-5,7H,(H2,13,15). The molecule has 0 aliphatic carbocycles. The van der Waals surface area contributed by atoms with Gasteiger partial charge in [-0.05, 0) is 29.8 Å². The lowest BCUT2D eigenvalue weighted by Gasteiger charge is -2.00. The van der Waals surface area contributed by atoms with Gasteiger partial charge in [-0.1, -0.05) is 0 Å². The minimum absolute atomic E-state index is 0.393. The van der Waals surface area contributed by atoms with Crippen molar-refractivity contribution in [3.63, 3.8) is 0 Å². The van der Waals surface area contributed by atoms with E-state index in [1.807, 2.05) is 18.2 Å². The lowest BCUT2D eigenvalue weighted by Crippen LogP contribution is -1.89. The van der Waals surface area contributed by atoms with Crippen molar-refractivity contribution in [2.45, 2.75) is 0 Å². The van der Waals surface area contributed by atoms with E-state index in [4.69, 9.17) is 11.0 Å². The Morgan fingerprint density at radius 3 is 2.67 bits per heavy atom. The summed E-state index contributed by atoms with van der Waals surface area (Å²) in [5.41, 5.74) is 7.71. The largest absolute Gasteiger partial charge is 0.384 e. The molecule has 2 aromatic rings. The Hall–Kier alpha value is -2.41. The van der Waals surface area contributed by atoms with Crippen LogP contribution in [0.1, 0.15) is 5.69 Å². The molecule has 0 aliphatic heterocycles. The molecule has 0 bridgehead atoms. The molecule has 0 radical (unpaired) electrons. The molecule has 2 rings (SSSR count).